The van der Waals surface area contributed by atoms with Crippen LogP contribution in [0.25, 0.3) is 0 Å². The van der Waals surface area contributed by atoms with E-state index in [9.17, 15) is 19.2 Å². The Morgan fingerprint density at radius 3 is 2.16 bits per heavy atom. The molecule has 1 fully saturated rings. The molecule has 0 bridgehead atoms. The maximum atomic E-state index is 12.4. The summed E-state index contributed by atoms with van der Waals surface area (Å²) in [5.74, 6) is -1.19. The third-order valence-corrected chi connectivity index (χ3v) is 3.94. The van der Waals surface area contributed by atoms with Crippen LogP contribution in [0.2, 0.25) is 0 Å². The first-order valence-corrected chi connectivity index (χ1v) is 8.18. The van der Waals surface area contributed by atoms with E-state index in [0.717, 1.165) is 4.90 Å². The van der Waals surface area contributed by atoms with Gasteiger partial charge in [0.05, 0.1) is 12.8 Å². The number of hydrogen-bond acceptors (Lipinski definition) is 5. The number of nitrogens with one attached hydrogen (secondary N) is 1. The van der Waals surface area contributed by atoms with Crippen molar-refractivity contribution < 1.29 is 23.9 Å². The minimum atomic E-state index is -0.723. The van der Waals surface area contributed by atoms with Gasteiger partial charge in [-0.2, -0.15) is 0 Å². The molecule has 1 aliphatic heterocycles. The fourth-order valence-electron chi connectivity index (χ4n) is 2.70. The van der Waals surface area contributed by atoms with Crippen molar-refractivity contribution in [3.8, 4) is 0 Å². The first-order chi connectivity index (χ1) is 11.8. The van der Waals surface area contributed by atoms with Crippen LogP contribution in [0.5, 0.6) is 0 Å². The average Bonchev–Trinajstić information content (AvgIpc) is 2.91. The highest BCUT2D eigenvalue weighted by molar-refractivity contribution is 6.19. The molecule has 1 aromatic rings. The number of ether oxygens (including phenoxy) is 1. The van der Waals surface area contributed by atoms with Crippen molar-refractivity contribution in [2.75, 3.05) is 12.0 Å². The first kappa shape index (κ1) is 18.6. The summed E-state index contributed by atoms with van der Waals surface area (Å²) in [6, 6.07) is 5.41. The van der Waals surface area contributed by atoms with E-state index < -0.39 is 17.9 Å². The van der Waals surface area contributed by atoms with Gasteiger partial charge in [-0.3, -0.25) is 19.3 Å². The Balaban J connectivity index is 2.10. The summed E-state index contributed by atoms with van der Waals surface area (Å²) in [5, 5.41) is 2.66. The molecule has 1 saturated heterocycles. The molecule has 7 heteroatoms. The molecule has 0 radical (unpaired) electrons. The van der Waals surface area contributed by atoms with Gasteiger partial charge in [0, 0.05) is 18.4 Å². The van der Waals surface area contributed by atoms with Gasteiger partial charge in [-0.1, -0.05) is 13.8 Å². The molecule has 1 atom stereocenters. The number of carbonyl (C=O) groups excluding carboxylic acids is 4. The lowest BCUT2D eigenvalue weighted by Crippen LogP contribution is -2.42. The topological polar surface area (TPSA) is 92.8 Å². The fourth-order valence-corrected chi connectivity index (χ4v) is 2.70. The van der Waals surface area contributed by atoms with Crippen LogP contribution in [-0.2, 0) is 19.1 Å². The van der Waals surface area contributed by atoms with Crippen LogP contribution in [0.4, 0.5) is 5.69 Å². The number of benzene rings is 1. The Morgan fingerprint density at radius 1 is 1.12 bits per heavy atom. The number of amides is 3. The number of carbonyl (C=O) groups is 4. The highest BCUT2D eigenvalue weighted by Gasteiger charge is 2.30. The molecule has 25 heavy (non-hydrogen) atoms. The van der Waals surface area contributed by atoms with E-state index in [0.29, 0.717) is 17.7 Å². The van der Waals surface area contributed by atoms with Crippen LogP contribution in [0.3, 0.4) is 0 Å². The predicted octanol–water partition coefficient (Wildman–Crippen LogP) is 1.66. The van der Waals surface area contributed by atoms with Gasteiger partial charge in [0.25, 0.3) is 5.91 Å². The molecule has 1 heterocycles. The third-order valence-electron chi connectivity index (χ3n) is 3.94. The van der Waals surface area contributed by atoms with Gasteiger partial charge in [0.2, 0.25) is 11.8 Å². The maximum Gasteiger partial charge on any atom is 0.328 e. The molecule has 0 spiro atoms. The smallest absolute Gasteiger partial charge is 0.328 e. The second-order valence-corrected chi connectivity index (χ2v) is 6.35. The lowest BCUT2D eigenvalue weighted by Gasteiger charge is -2.19. The number of methoxy groups -OCH3 is 1. The van der Waals surface area contributed by atoms with Gasteiger partial charge in [0.1, 0.15) is 6.04 Å². The number of rotatable bonds is 6. The van der Waals surface area contributed by atoms with Crippen molar-refractivity contribution in [1.82, 2.24) is 5.32 Å². The zero-order chi connectivity index (χ0) is 18.6. The molecule has 1 aromatic carbocycles. The molecular formula is C18H22N2O5. The number of hydrogen-bond donors (Lipinski definition) is 1. The van der Waals surface area contributed by atoms with E-state index in [1.54, 1.807) is 12.1 Å². The van der Waals surface area contributed by atoms with Gasteiger partial charge in [-0.25, -0.2) is 4.79 Å². The van der Waals surface area contributed by atoms with Crippen molar-refractivity contribution in [2.24, 2.45) is 5.92 Å². The van der Waals surface area contributed by atoms with E-state index >= 15 is 0 Å². The summed E-state index contributed by atoms with van der Waals surface area (Å²) < 4.78 is 4.72. The predicted molar refractivity (Wildman–Crippen MR) is 90.9 cm³/mol. The summed E-state index contributed by atoms with van der Waals surface area (Å²) in [7, 11) is 1.28. The molecule has 2 rings (SSSR count). The van der Waals surface area contributed by atoms with Gasteiger partial charge < -0.3 is 10.1 Å². The molecular weight excluding hydrogens is 324 g/mol. The molecule has 7 nitrogen and oxygen atoms in total. The number of anilines is 1. The summed E-state index contributed by atoms with van der Waals surface area (Å²) in [5.41, 5.74) is 0.774. The molecule has 0 aliphatic carbocycles. The van der Waals surface area contributed by atoms with E-state index in [1.165, 1.54) is 19.2 Å². The molecule has 134 valence electrons. The van der Waals surface area contributed by atoms with Crippen molar-refractivity contribution >= 4 is 29.4 Å². The summed E-state index contributed by atoms with van der Waals surface area (Å²) in [4.78, 5) is 48.7. The van der Waals surface area contributed by atoms with Gasteiger partial charge in [-0.05, 0) is 36.6 Å². The maximum absolute atomic E-state index is 12.4. The van der Waals surface area contributed by atoms with E-state index in [1.807, 2.05) is 13.8 Å². The van der Waals surface area contributed by atoms with Crippen LogP contribution in [0.15, 0.2) is 24.3 Å². The molecule has 0 saturated carbocycles. The Labute approximate surface area is 146 Å². The van der Waals surface area contributed by atoms with Crippen LogP contribution in [0, 0.1) is 5.92 Å². The normalized spacial score (nSPS) is 15.4. The van der Waals surface area contributed by atoms with Gasteiger partial charge >= 0.3 is 5.97 Å². The summed E-state index contributed by atoms with van der Waals surface area (Å²) in [6.07, 6.45) is 0.876. The second kappa shape index (κ2) is 7.92. The van der Waals surface area contributed by atoms with Crippen LogP contribution >= 0.6 is 0 Å². The van der Waals surface area contributed by atoms with Crippen molar-refractivity contribution in [3.63, 3.8) is 0 Å². The van der Waals surface area contributed by atoms with Gasteiger partial charge in [-0.15, -0.1) is 0 Å². The fraction of sp³-hybridized carbons (Fsp3) is 0.444. The van der Waals surface area contributed by atoms with E-state index in [-0.39, 0.29) is 30.6 Å². The van der Waals surface area contributed by atoms with Crippen molar-refractivity contribution in [2.45, 2.75) is 39.2 Å². The Hall–Kier alpha value is -2.70. The van der Waals surface area contributed by atoms with Crippen LogP contribution in [-0.4, -0.2) is 36.8 Å². The zero-order valence-corrected chi connectivity index (χ0v) is 14.6. The number of imide groups is 1. The lowest BCUT2D eigenvalue weighted by molar-refractivity contribution is -0.143. The SMILES string of the molecule is COC(=O)C(CC(C)C)NC(=O)c1ccc(N2C(=O)CCC2=O)cc1. The largest absolute Gasteiger partial charge is 0.467 e. The van der Waals surface area contributed by atoms with Crippen LogP contribution in [0.1, 0.15) is 43.5 Å². The Kier molecular flexibility index (Phi) is 5.90. The summed E-state index contributed by atoms with van der Waals surface area (Å²) >= 11 is 0. The number of nitrogens with zero attached hydrogens (tertiary/aromatic N) is 1. The standard InChI is InChI=1S/C18H22N2O5/c1-11(2)10-14(18(24)25-3)19-17(23)12-4-6-13(7-5-12)20-15(21)8-9-16(20)22/h4-7,11,14H,8-10H2,1-3H3,(H,19,23). The average molecular weight is 346 g/mol. The molecule has 1 N–H and O–H groups in total. The monoisotopic (exact) mass is 346 g/mol. The molecule has 1 unspecified atom stereocenters. The highest BCUT2D eigenvalue weighted by Crippen LogP contribution is 2.22. The number of esters is 1. The minimum absolute atomic E-state index is 0.205. The van der Waals surface area contributed by atoms with Crippen molar-refractivity contribution in [3.05, 3.63) is 29.8 Å². The van der Waals surface area contributed by atoms with E-state index in [2.05, 4.69) is 5.32 Å². The Morgan fingerprint density at radius 2 is 1.68 bits per heavy atom. The minimum Gasteiger partial charge on any atom is -0.467 e. The lowest BCUT2D eigenvalue weighted by atomic mass is 10.0. The molecule has 1 aliphatic rings. The van der Waals surface area contributed by atoms with E-state index in [4.69, 9.17) is 4.74 Å². The first-order valence-electron chi connectivity index (χ1n) is 8.18. The van der Waals surface area contributed by atoms with Gasteiger partial charge in [0.15, 0.2) is 0 Å². The quantitative estimate of drug-likeness (QED) is 0.625. The molecule has 0 aromatic heterocycles. The van der Waals surface area contributed by atoms with Crippen LogP contribution < -0.4 is 10.2 Å². The molecule has 3 amide bonds. The third kappa shape index (κ3) is 4.43. The summed E-state index contributed by atoms with van der Waals surface area (Å²) in [6.45, 7) is 3.89. The zero-order valence-electron chi connectivity index (χ0n) is 14.6. The Bertz CT molecular complexity index is 665. The highest BCUT2D eigenvalue weighted by atomic mass is 16.5. The second-order valence-electron chi connectivity index (χ2n) is 6.35. The van der Waals surface area contributed by atoms with Crippen molar-refractivity contribution in [1.29, 1.82) is 0 Å².